The van der Waals surface area contributed by atoms with Crippen LogP contribution in [0.15, 0.2) is 64.6 Å². The Hall–Kier alpha value is -5.47. The number of benzene rings is 2. The molecular weight excluding hydrogens is 580 g/mol. The molecule has 0 fully saturated rings. The van der Waals surface area contributed by atoms with Crippen LogP contribution in [0.25, 0.3) is 0 Å². The molecule has 4 amide bonds. The molecule has 15 nitrogen and oxygen atoms in total. The first-order chi connectivity index (χ1) is 21.3. The summed E-state index contributed by atoms with van der Waals surface area (Å²) in [6.07, 6.45) is 2.12. The first kappa shape index (κ1) is 39.5. The highest BCUT2D eigenvalue weighted by Gasteiger charge is 2.19. The molecule has 0 spiro atoms. The fourth-order valence-electron chi connectivity index (χ4n) is 3.18. The monoisotopic (exact) mass is 626 g/mol. The fraction of sp³-hybridized carbons (Fsp3) is 0.367. The number of rotatable bonds is 14. The molecule has 0 saturated heterocycles. The number of amides is 4. The average molecular weight is 627 g/mol. The Labute approximate surface area is 263 Å². The molecule has 0 aliphatic rings. The predicted octanol–water partition coefficient (Wildman–Crippen LogP) is -0.978. The number of aliphatic imine (C=N–C) groups is 2. The number of nitrogens with zero attached hydrogens (tertiary/aromatic N) is 2. The molecule has 1 atom stereocenters. The average Bonchev–Trinajstić information content (AvgIpc) is 3.01. The molecule has 0 bridgehead atoms. The van der Waals surface area contributed by atoms with Gasteiger partial charge in [0.15, 0.2) is 17.7 Å². The number of ketones is 1. The number of hydrogen-bond donors (Lipinski definition) is 8. The quantitative estimate of drug-likeness (QED) is 0.0726. The van der Waals surface area contributed by atoms with E-state index in [0.29, 0.717) is 16.7 Å². The molecule has 0 radical (unpaired) electrons. The van der Waals surface area contributed by atoms with Gasteiger partial charge in [0.2, 0.25) is 23.6 Å². The van der Waals surface area contributed by atoms with Crippen molar-refractivity contribution in [1.29, 1.82) is 0 Å². The van der Waals surface area contributed by atoms with E-state index in [1.807, 2.05) is 19.9 Å². The fourth-order valence-corrected chi connectivity index (χ4v) is 3.18. The lowest BCUT2D eigenvalue weighted by Gasteiger charge is -2.16. The van der Waals surface area contributed by atoms with Crippen LogP contribution in [0.1, 0.15) is 55.1 Å². The van der Waals surface area contributed by atoms with Crippen molar-refractivity contribution in [2.24, 2.45) is 38.7 Å². The maximum absolute atomic E-state index is 12.5. The summed E-state index contributed by atoms with van der Waals surface area (Å²) in [6.45, 7) is 6.16. The molecule has 2 aromatic carbocycles. The molecular formula is C30H46N10O5. The summed E-state index contributed by atoms with van der Waals surface area (Å²) in [6, 6.07) is 14.5. The van der Waals surface area contributed by atoms with Crippen LogP contribution >= 0.6 is 0 Å². The zero-order chi connectivity index (χ0) is 34.2. The normalized spacial score (nSPS) is 10.2. The van der Waals surface area contributed by atoms with Crippen LogP contribution in [-0.4, -0.2) is 73.6 Å². The van der Waals surface area contributed by atoms with E-state index in [1.165, 1.54) is 6.92 Å². The van der Waals surface area contributed by atoms with Crippen LogP contribution in [0, 0.1) is 0 Å². The molecule has 45 heavy (non-hydrogen) atoms. The number of carbonyl (C=O) groups is 5. The molecule has 0 heterocycles. The highest BCUT2D eigenvalue weighted by atomic mass is 16.2. The zero-order valence-electron chi connectivity index (χ0n) is 26.0. The van der Waals surface area contributed by atoms with Gasteiger partial charge in [0, 0.05) is 37.6 Å². The lowest BCUT2D eigenvalue weighted by atomic mass is 9.99. The molecule has 2 aromatic rings. The predicted molar refractivity (Wildman–Crippen MR) is 175 cm³/mol. The largest absolute Gasteiger partial charge is 0.370 e. The van der Waals surface area contributed by atoms with Crippen molar-refractivity contribution in [2.75, 3.05) is 26.2 Å². The van der Waals surface area contributed by atoms with Crippen molar-refractivity contribution in [3.63, 3.8) is 0 Å². The zero-order valence-corrected chi connectivity index (χ0v) is 26.0. The van der Waals surface area contributed by atoms with E-state index >= 15 is 0 Å². The van der Waals surface area contributed by atoms with Crippen molar-refractivity contribution in [3.8, 4) is 0 Å². The van der Waals surface area contributed by atoms with Gasteiger partial charge in [-0.2, -0.15) is 0 Å². The summed E-state index contributed by atoms with van der Waals surface area (Å²) >= 11 is 0. The molecule has 15 heteroatoms. The Morgan fingerprint density at radius 3 is 1.60 bits per heavy atom. The highest BCUT2D eigenvalue weighted by molar-refractivity contribution is 6.09. The molecule has 13 N–H and O–H groups in total. The first-order valence-corrected chi connectivity index (χ1v) is 14.2. The Morgan fingerprint density at radius 2 is 1.18 bits per heavy atom. The topological polar surface area (TPSA) is 276 Å². The van der Waals surface area contributed by atoms with E-state index in [1.54, 1.807) is 48.5 Å². The van der Waals surface area contributed by atoms with E-state index < -0.39 is 23.8 Å². The van der Waals surface area contributed by atoms with E-state index in [4.69, 9.17) is 28.7 Å². The van der Waals surface area contributed by atoms with Gasteiger partial charge in [-0.3, -0.25) is 34.0 Å². The molecule has 246 valence electrons. The van der Waals surface area contributed by atoms with Crippen molar-refractivity contribution in [3.05, 3.63) is 71.3 Å². The van der Waals surface area contributed by atoms with Crippen LogP contribution < -0.4 is 44.6 Å². The summed E-state index contributed by atoms with van der Waals surface area (Å²) in [7, 11) is 0. The Kier molecular flexibility index (Phi) is 20.2. The van der Waals surface area contributed by atoms with Crippen LogP contribution in [0.5, 0.6) is 0 Å². The molecule has 0 unspecified atom stereocenters. The van der Waals surface area contributed by atoms with Crippen molar-refractivity contribution >= 4 is 41.3 Å². The summed E-state index contributed by atoms with van der Waals surface area (Å²) in [5.74, 6) is -2.01. The Morgan fingerprint density at radius 1 is 0.689 bits per heavy atom. The standard InChI is InChI=1S/C22H24N4O5.2C4H11N3/c1-14(27)24-12-19(28)25-13-20(29)26-18(22(23)31)11-15-7-9-17(10-8-15)21(30)16-5-3-2-4-6-16;2*1-2-3-7-4(5)6/h2-10,18H,11-13H2,1H3,(H2,23,31)(H,24,27)(H,25,28)(H,26,29);2*2-3H2,1H3,(H4,5,6,7)/t18-;;/m0../s1. The number of primary amides is 1. The van der Waals surface area contributed by atoms with Gasteiger partial charge in [-0.15, -0.1) is 0 Å². The number of nitrogens with one attached hydrogen (secondary N) is 3. The molecule has 0 aliphatic heterocycles. The third-order valence-corrected chi connectivity index (χ3v) is 5.35. The highest BCUT2D eigenvalue weighted by Crippen LogP contribution is 2.12. The molecule has 0 aliphatic carbocycles. The van der Waals surface area contributed by atoms with Gasteiger partial charge >= 0.3 is 0 Å². The van der Waals surface area contributed by atoms with E-state index in [0.717, 1.165) is 25.9 Å². The SMILES string of the molecule is CC(=O)NCC(=O)NCC(=O)N[C@@H](Cc1ccc(C(=O)c2ccccc2)cc1)C(N)=O.CCCN=C(N)N.CCCN=C(N)N. The Balaban J connectivity index is 0.00000114. The van der Waals surface area contributed by atoms with Gasteiger partial charge in [0.1, 0.15) is 6.04 Å². The van der Waals surface area contributed by atoms with Crippen molar-refractivity contribution in [1.82, 2.24) is 16.0 Å². The summed E-state index contributed by atoms with van der Waals surface area (Å²) in [4.78, 5) is 65.9. The van der Waals surface area contributed by atoms with Crippen LogP contribution in [0.3, 0.4) is 0 Å². The van der Waals surface area contributed by atoms with Gasteiger partial charge in [-0.1, -0.05) is 68.4 Å². The minimum atomic E-state index is -0.990. The van der Waals surface area contributed by atoms with Crippen LogP contribution in [-0.2, 0) is 25.6 Å². The molecule has 0 aromatic heterocycles. The second kappa shape index (κ2) is 23.0. The maximum Gasteiger partial charge on any atom is 0.240 e. The van der Waals surface area contributed by atoms with Gasteiger partial charge in [0.05, 0.1) is 13.1 Å². The van der Waals surface area contributed by atoms with Gasteiger partial charge < -0.3 is 44.6 Å². The third-order valence-electron chi connectivity index (χ3n) is 5.35. The first-order valence-electron chi connectivity index (χ1n) is 14.2. The second-order valence-corrected chi connectivity index (χ2v) is 9.42. The van der Waals surface area contributed by atoms with Gasteiger partial charge in [0.25, 0.3) is 0 Å². The van der Waals surface area contributed by atoms with Crippen molar-refractivity contribution < 1.29 is 24.0 Å². The van der Waals surface area contributed by atoms with Crippen molar-refractivity contribution in [2.45, 2.75) is 46.1 Å². The van der Waals surface area contributed by atoms with Crippen LogP contribution in [0.2, 0.25) is 0 Å². The van der Waals surface area contributed by atoms with Gasteiger partial charge in [-0.25, -0.2) is 0 Å². The second-order valence-electron chi connectivity index (χ2n) is 9.42. The summed E-state index contributed by atoms with van der Waals surface area (Å²) in [5.41, 5.74) is 27.2. The summed E-state index contributed by atoms with van der Waals surface area (Å²) in [5, 5.41) is 7.09. The third kappa shape index (κ3) is 20.1. The summed E-state index contributed by atoms with van der Waals surface area (Å²) < 4.78 is 0. The van der Waals surface area contributed by atoms with E-state index in [2.05, 4.69) is 25.9 Å². The number of carbonyl (C=O) groups excluding carboxylic acids is 5. The van der Waals surface area contributed by atoms with Crippen LogP contribution in [0.4, 0.5) is 0 Å². The smallest absolute Gasteiger partial charge is 0.240 e. The minimum absolute atomic E-state index is 0.123. The van der Waals surface area contributed by atoms with E-state index in [-0.39, 0.29) is 43.1 Å². The number of hydrogen-bond acceptors (Lipinski definition) is 7. The molecule has 0 saturated carbocycles. The van der Waals surface area contributed by atoms with Gasteiger partial charge in [-0.05, 0) is 18.4 Å². The van der Waals surface area contributed by atoms with E-state index in [9.17, 15) is 24.0 Å². The number of guanidine groups is 2. The number of nitrogens with two attached hydrogens (primary N) is 5. The minimum Gasteiger partial charge on any atom is -0.370 e. The Bertz CT molecular complexity index is 1250. The lowest BCUT2D eigenvalue weighted by molar-refractivity contribution is -0.129. The molecule has 2 rings (SSSR count). The maximum atomic E-state index is 12.5. The lowest BCUT2D eigenvalue weighted by Crippen LogP contribution is -2.49.